The van der Waals surface area contributed by atoms with Crippen LogP contribution < -0.4 is 20.4 Å². The number of benzene rings is 2. The largest absolute Gasteiger partial charge is 0.370 e. The van der Waals surface area contributed by atoms with Crippen molar-refractivity contribution in [2.24, 2.45) is 0 Å². The van der Waals surface area contributed by atoms with Crippen LogP contribution in [0.3, 0.4) is 0 Å². The van der Waals surface area contributed by atoms with Crippen molar-refractivity contribution in [1.29, 1.82) is 0 Å². The summed E-state index contributed by atoms with van der Waals surface area (Å²) >= 11 is 6.45. The molecule has 1 fully saturated rings. The lowest BCUT2D eigenvalue weighted by Crippen LogP contribution is -2.42. The van der Waals surface area contributed by atoms with Gasteiger partial charge in [0, 0.05) is 31.6 Å². The van der Waals surface area contributed by atoms with Crippen molar-refractivity contribution in [3.8, 4) is 0 Å². The van der Waals surface area contributed by atoms with Crippen LogP contribution in [0.5, 0.6) is 0 Å². The molecule has 0 unspecified atom stereocenters. The van der Waals surface area contributed by atoms with E-state index in [4.69, 9.17) is 11.6 Å². The van der Waals surface area contributed by atoms with Crippen LogP contribution in [0.2, 0.25) is 5.02 Å². The molecular weight excluding hydrogens is 416 g/mol. The third-order valence-corrected chi connectivity index (χ3v) is 5.87. The molecule has 8 heteroatoms. The van der Waals surface area contributed by atoms with Crippen molar-refractivity contribution < 1.29 is 14.4 Å². The topological polar surface area (TPSA) is 81.8 Å². The Morgan fingerprint density at radius 1 is 1.00 bits per heavy atom. The molecular formula is C23H25ClN4O3. The van der Waals surface area contributed by atoms with Gasteiger partial charge in [0.05, 0.1) is 22.1 Å². The average molecular weight is 441 g/mol. The number of nitrogens with one attached hydrogen (secondary N) is 2. The van der Waals surface area contributed by atoms with Gasteiger partial charge in [0.2, 0.25) is 17.7 Å². The number of rotatable bonds is 5. The minimum absolute atomic E-state index is 0.00699. The Morgan fingerprint density at radius 2 is 1.77 bits per heavy atom. The molecule has 0 radical (unpaired) electrons. The van der Waals surface area contributed by atoms with Gasteiger partial charge in [0.1, 0.15) is 6.54 Å². The molecule has 4 rings (SSSR count). The SMILES string of the molecule is O=C(CCC(=O)N1CC(=O)Nc2ccccc21)Nc1ccc(N2CCCCC2)c(Cl)c1. The van der Waals surface area contributed by atoms with Crippen LogP contribution in [-0.4, -0.2) is 37.4 Å². The summed E-state index contributed by atoms with van der Waals surface area (Å²) in [6, 6.07) is 12.6. The summed E-state index contributed by atoms with van der Waals surface area (Å²) in [7, 11) is 0. The minimum Gasteiger partial charge on any atom is -0.370 e. The van der Waals surface area contributed by atoms with Crippen LogP contribution in [0.25, 0.3) is 0 Å². The van der Waals surface area contributed by atoms with E-state index < -0.39 is 0 Å². The summed E-state index contributed by atoms with van der Waals surface area (Å²) in [5.74, 6) is -0.791. The molecule has 0 bridgehead atoms. The summed E-state index contributed by atoms with van der Waals surface area (Å²) in [4.78, 5) is 40.7. The molecule has 31 heavy (non-hydrogen) atoms. The predicted molar refractivity (Wildman–Crippen MR) is 123 cm³/mol. The Bertz CT molecular complexity index is 1000. The van der Waals surface area contributed by atoms with E-state index in [1.54, 1.807) is 30.3 Å². The lowest BCUT2D eigenvalue weighted by molar-refractivity contribution is -0.124. The zero-order valence-electron chi connectivity index (χ0n) is 17.2. The lowest BCUT2D eigenvalue weighted by atomic mass is 10.1. The van der Waals surface area contributed by atoms with E-state index in [2.05, 4.69) is 15.5 Å². The molecule has 3 amide bonds. The fraction of sp³-hybridized carbons (Fsp3) is 0.348. The number of hydrogen-bond acceptors (Lipinski definition) is 4. The van der Waals surface area contributed by atoms with Gasteiger partial charge in [-0.3, -0.25) is 14.4 Å². The van der Waals surface area contributed by atoms with E-state index >= 15 is 0 Å². The van der Waals surface area contributed by atoms with Gasteiger partial charge in [0.25, 0.3) is 0 Å². The molecule has 2 aliphatic heterocycles. The predicted octanol–water partition coefficient (Wildman–Crippen LogP) is 4.03. The quantitative estimate of drug-likeness (QED) is 0.735. The van der Waals surface area contributed by atoms with E-state index in [0.717, 1.165) is 31.6 Å². The molecule has 2 heterocycles. The van der Waals surface area contributed by atoms with Gasteiger partial charge < -0.3 is 20.4 Å². The average Bonchev–Trinajstić information content (AvgIpc) is 2.77. The standard InChI is InChI=1S/C23H25ClN4O3/c24-17-14-16(8-9-19(17)27-12-4-1-5-13-27)25-21(29)10-11-23(31)28-15-22(30)26-18-6-2-3-7-20(18)28/h2-3,6-9,14H,1,4-5,10-13,15H2,(H,25,29)(H,26,30). The number of amides is 3. The van der Waals surface area contributed by atoms with Gasteiger partial charge in [-0.2, -0.15) is 0 Å². The molecule has 0 atom stereocenters. The normalized spacial score (nSPS) is 15.8. The van der Waals surface area contributed by atoms with Crippen LogP contribution in [0, 0.1) is 0 Å². The molecule has 2 aromatic rings. The van der Waals surface area contributed by atoms with Gasteiger partial charge in [-0.15, -0.1) is 0 Å². The molecule has 0 saturated carbocycles. The summed E-state index contributed by atoms with van der Waals surface area (Å²) in [5.41, 5.74) is 2.83. The number of para-hydroxylation sites is 2. The van der Waals surface area contributed by atoms with E-state index in [1.165, 1.54) is 11.3 Å². The summed E-state index contributed by atoms with van der Waals surface area (Å²) in [6.07, 6.45) is 3.59. The third-order valence-electron chi connectivity index (χ3n) is 5.57. The van der Waals surface area contributed by atoms with E-state index in [1.807, 2.05) is 12.1 Å². The van der Waals surface area contributed by atoms with Crippen LogP contribution in [0.1, 0.15) is 32.1 Å². The Kier molecular flexibility index (Phi) is 6.42. The number of carbonyl (C=O) groups is 3. The lowest BCUT2D eigenvalue weighted by Gasteiger charge is -2.29. The Labute approximate surface area is 186 Å². The van der Waals surface area contributed by atoms with Crippen LogP contribution in [-0.2, 0) is 14.4 Å². The summed E-state index contributed by atoms with van der Waals surface area (Å²) in [5, 5.41) is 6.16. The van der Waals surface area contributed by atoms with Gasteiger partial charge in [-0.1, -0.05) is 23.7 Å². The first kappa shape index (κ1) is 21.2. The molecule has 0 aromatic heterocycles. The minimum atomic E-state index is -0.273. The van der Waals surface area contributed by atoms with E-state index in [-0.39, 0.29) is 37.1 Å². The maximum atomic E-state index is 12.7. The highest BCUT2D eigenvalue weighted by atomic mass is 35.5. The maximum Gasteiger partial charge on any atom is 0.244 e. The van der Waals surface area contributed by atoms with Crippen molar-refractivity contribution >= 4 is 52.1 Å². The number of fused-ring (bicyclic) bond motifs is 1. The number of nitrogens with zero attached hydrogens (tertiary/aromatic N) is 2. The Hall–Kier alpha value is -3.06. The number of hydrogen-bond donors (Lipinski definition) is 2. The zero-order valence-corrected chi connectivity index (χ0v) is 18.0. The Balaban J connectivity index is 1.34. The molecule has 162 valence electrons. The summed E-state index contributed by atoms with van der Waals surface area (Å²) < 4.78 is 0. The second-order valence-electron chi connectivity index (χ2n) is 7.81. The highest BCUT2D eigenvalue weighted by molar-refractivity contribution is 6.33. The Morgan fingerprint density at radius 3 is 2.55 bits per heavy atom. The molecule has 1 saturated heterocycles. The van der Waals surface area contributed by atoms with Crippen molar-refractivity contribution in [3.63, 3.8) is 0 Å². The first-order chi connectivity index (χ1) is 15.0. The number of piperidine rings is 1. The number of carbonyl (C=O) groups excluding carboxylic acids is 3. The van der Waals surface area contributed by atoms with Gasteiger partial charge in [-0.05, 0) is 49.6 Å². The molecule has 2 N–H and O–H groups in total. The molecule has 7 nitrogen and oxygen atoms in total. The van der Waals surface area contributed by atoms with Gasteiger partial charge in [-0.25, -0.2) is 0 Å². The molecule has 0 spiro atoms. The summed E-state index contributed by atoms with van der Waals surface area (Å²) in [6.45, 7) is 1.93. The van der Waals surface area contributed by atoms with Crippen LogP contribution >= 0.6 is 11.6 Å². The third kappa shape index (κ3) is 4.99. The van der Waals surface area contributed by atoms with Crippen molar-refractivity contribution in [2.45, 2.75) is 32.1 Å². The number of anilines is 4. The molecule has 0 aliphatic carbocycles. The van der Waals surface area contributed by atoms with Crippen LogP contribution in [0.4, 0.5) is 22.7 Å². The molecule has 2 aromatic carbocycles. The number of halogens is 1. The van der Waals surface area contributed by atoms with E-state index in [9.17, 15) is 14.4 Å². The van der Waals surface area contributed by atoms with Crippen molar-refractivity contribution in [2.75, 3.05) is 40.1 Å². The highest BCUT2D eigenvalue weighted by Crippen LogP contribution is 2.31. The fourth-order valence-corrected chi connectivity index (χ4v) is 4.31. The van der Waals surface area contributed by atoms with Crippen LogP contribution in [0.15, 0.2) is 42.5 Å². The van der Waals surface area contributed by atoms with Gasteiger partial charge >= 0.3 is 0 Å². The van der Waals surface area contributed by atoms with Gasteiger partial charge in [0.15, 0.2) is 0 Å². The first-order valence-corrected chi connectivity index (χ1v) is 10.9. The first-order valence-electron chi connectivity index (χ1n) is 10.5. The maximum absolute atomic E-state index is 12.7. The van der Waals surface area contributed by atoms with E-state index in [0.29, 0.717) is 22.1 Å². The van der Waals surface area contributed by atoms with Crippen molar-refractivity contribution in [3.05, 3.63) is 47.5 Å². The monoisotopic (exact) mass is 440 g/mol. The zero-order chi connectivity index (χ0) is 21.8. The fourth-order valence-electron chi connectivity index (χ4n) is 4.01. The second-order valence-corrected chi connectivity index (χ2v) is 8.21. The second kappa shape index (κ2) is 9.39. The van der Waals surface area contributed by atoms with Crippen molar-refractivity contribution in [1.82, 2.24) is 0 Å². The smallest absolute Gasteiger partial charge is 0.244 e. The molecule has 2 aliphatic rings. The highest BCUT2D eigenvalue weighted by Gasteiger charge is 2.26.